The number of rotatable bonds is 5. The maximum absolute atomic E-state index is 6.76. The summed E-state index contributed by atoms with van der Waals surface area (Å²) in [5.74, 6) is 0.515. The smallest absolute Gasteiger partial charge is 0.0631 e. The Morgan fingerprint density at radius 2 is 1.52 bits per heavy atom. The fourth-order valence-electron chi connectivity index (χ4n) is 5.25. The van der Waals surface area contributed by atoms with E-state index >= 15 is 0 Å². The van der Waals surface area contributed by atoms with Crippen LogP contribution in [0.15, 0.2) is 0 Å². The van der Waals surface area contributed by atoms with Gasteiger partial charge in [-0.25, -0.2) is 0 Å². The topological polar surface area (TPSA) is 0 Å². The SMILES string of the molecule is [B]C([B])(C1CCC2(CCCCC2)CC1)C(C)(CC)CCC. The van der Waals surface area contributed by atoms with Gasteiger partial charge in [-0.3, -0.25) is 0 Å². The highest BCUT2D eigenvalue weighted by Crippen LogP contribution is 2.59. The molecule has 0 aliphatic heterocycles. The molecule has 2 heteroatoms. The first-order chi connectivity index (χ1) is 9.89. The molecule has 0 aromatic heterocycles. The molecule has 0 amide bonds. The van der Waals surface area contributed by atoms with Gasteiger partial charge in [-0.2, -0.15) is 0 Å². The molecule has 2 fully saturated rings. The Kier molecular flexibility index (Phi) is 5.59. The van der Waals surface area contributed by atoms with E-state index in [1.165, 1.54) is 64.2 Å². The predicted octanol–water partition coefficient (Wildman–Crippen LogP) is 5.80. The molecule has 4 radical (unpaired) electrons. The normalized spacial score (nSPS) is 26.6. The van der Waals surface area contributed by atoms with Gasteiger partial charge in [-0.15, -0.1) is 0 Å². The van der Waals surface area contributed by atoms with Gasteiger partial charge in [-0.1, -0.05) is 76.8 Å². The minimum Gasteiger partial charge on any atom is -0.0911 e. The average molecular weight is 284 g/mol. The molecular formula is C19H34B2. The molecule has 0 nitrogen and oxygen atoms in total. The zero-order chi connectivity index (χ0) is 15.6. The Balaban J connectivity index is 2.02. The van der Waals surface area contributed by atoms with Crippen LogP contribution in [0.5, 0.6) is 0 Å². The van der Waals surface area contributed by atoms with E-state index in [0.717, 1.165) is 12.8 Å². The minimum atomic E-state index is -0.492. The fraction of sp³-hybridized carbons (Fsp3) is 1.00. The van der Waals surface area contributed by atoms with Crippen LogP contribution in [0.3, 0.4) is 0 Å². The van der Waals surface area contributed by atoms with Crippen molar-refractivity contribution in [2.24, 2.45) is 16.7 Å². The molecule has 1 spiro atoms. The van der Waals surface area contributed by atoms with Crippen LogP contribution >= 0.6 is 0 Å². The monoisotopic (exact) mass is 284 g/mol. The number of hydrogen-bond acceptors (Lipinski definition) is 0. The molecule has 2 aliphatic rings. The Morgan fingerprint density at radius 3 is 2.00 bits per heavy atom. The maximum Gasteiger partial charge on any atom is 0.0631 e. The molecular weight excluding hydrogens is 250 g/mol. The fourth-order valence-corrected chi connectivity index (χ4v) is 5.25. The number of hydrogen-bond donors (Lipinski definition) is 0. The zero-order valence-electron chi connectivity index (χ0n) is 14.7. The van der Waals surface area contributed by atoms with E-state index in [2.05, 4.69) is 20.8 Å². The van der Waals surface area contributed by atoms with E-state index in [0.29, 0.717) is 11.3 Å². The molecule has 0 saturated heterocycles. The summed E-state index contributed by atoms with van der Waals surface area (Å²) in [6.07, 6.45) is 16.0. The lowest BCUT2D eigenvalue weighted by molar-refractivity contribution is 0.0650. The second-order valence-electron chi connectivity index (χ2n) is 8.43. The Labute approximate surface area is 136 Å². The van der Waals surface area contributed by atoms with Gasteiger partial charge in [-0.05, 0) is 42.9 Å². The largest absolute Gasteiger partial charge is 0.0911 e. The summed E-state index contributed by atoms with van der Waals surface area (Å²) in [5, 5.41) is -0.492. The molecule has 0 heterocycles. The van der Waals surface area contributed by atoms with Crippen molar-refractivity contribution in [2.45, 2.75) is 103 Å². The molecule has 2 aliphatic carbocycles. The lowest BCUT2D eigenvalue weighted by Gasteiger charge is -2.54. The summed E-state index contributed by atoms with van der Waals surface area (Å²) in [5.41, 5.74) is 0.752. The lowest BCUT2D eigenvalue weighted by Crippen LogP contribution is -2.43. The van der Waals surface area contributed by atoms with E-state index in [1.54, 1.807) is 0 Å². The molecule has 0 aromatic rings. The maximum atomic E-state index is 6.76. The van der Waals surface area contributed by atoms with E-state index < -0.39 is 5.21 Å². The van der Waals surface area contributed by atoms with Gasteiger partial charge in [0, 0.05) is 0 Å². The van der Waals surface area contributed by atoms with Crippen molar-refractivity contribution in [3.63, 3.8) is 0 Å². The van der Waals surface area contributed by atoms with E-state index in [4.69, 9.17) is 15.7 Å². The summed E-state index contributed by atoms with van der Waals surface area (Å²) >= 11 is 0. The van der Waals surface area contributed by atoms with Crippen LogP contribution in [-0.4, -0.2) is 15.7 Å². The summed E-state index contributed by atoms with van der Waals surface area (Å²) in [7, 11) is 13.5. The summed E-state index contributed by atoms with van der Waals surface area (Å²) < 4.78 is 0. The van der Waals surface area contributed by atoms with Gasteiger partial charge >= 0.3 is 0 Å². The third-order valence-corrected chi connectivity index (χ3v) is 7.26. The average Bonchev–Trinajstić information content (AvgIpc) is 2.48. The highest BCUT2D eigenvalue weighted by atomic mass is 14.5. The van der Waals surface area contributed by atoms with Crippen LogP contribution in [0.1, 0.15) is 97.8 Å². The van der Waals surface area contributed by atoms with Crippen molar-refractivity contribution >= 4 is 15.7 Å². The quantitative estimate of drug-likeness (QED) is 0.560. The Bertz CT molecular complexity index is 320. The van der Waals surface area contributed by atoms with Crippen LogP contribution in [0.4, 0.5) is 0 Å². The van der Waals surface area contributed by atoms with E-state index in [9.17, 15) is 0 Å². The van der Waals surface area contributed by atoms with Gasteiger partial charge < -0.3 is 0 Å². The lowest BCUT2D eigenvalue weighted by atomic mass is 9.34. The molecule has 1 unspecified atom stereocenters. The van der Waals surface area contributed by atoms with Crippen molar-refractivity contribution in [1.29, 1.82) is 0 Å². The van der Waals surface area contributed by atoms with E-state index in [1.807, 2.05) is 0 Å². The summed E-state index contributed by atoms with van der Waals surface area (Å²) in [6, 6.07) is 0. The van der Waals surface area contributed by atoms with Crippen molar-refractivity contribution in [1.82, 2.24) is 0 Å². The second-order valence-corrected chi connectivity index (χ2v) is 8.43. The Hall–Kier alpha value is 0.130. The molecule has 2 rings (SSSR count). The molecule has 0 bridgehead atoms. The third kappa shape index (κ3) is 3.40. The van der Waals surface area contributed by atoms with Crippen LogP contribution in [-0.2, 0) is 0 Å². The van der Waals surface area contributed by atoms with Gasteiger partial charge in [0.1, 0.15) is 0 Å². The standard InChI is InChI=1S/C19H34B2/c1-4-11-17(3,5-2)19(20,21)16-9-14-18(15-10-16)12-7-6-8-13-18/h16H,4-15H2,1-3H3. The first-order valence-electron chi connectivity index (χ1n) is 9.47. The molecule has 0 aromatic carbocycles. The second kappa shape index (κ2) is 6.71. The molecule has 1 atom stereocenters. The van der Waals surface area contributed by atoms with Crippen molar-refractivity contribution in [3.8, 4) is 0 Å². The minimum absolute atomic E-state index is 0.0868. The first kappa shape index (κ1) is 17.5. The first-order valence-corrected chi connectivity index (χ1v) is 9.47. The van der Waals surface area contributed by atoms with Gasteiger partial charge in [0.25, 0.3) is 0 Å². The molecule has 21 heavy (non-hydrogen) atoms. The third-order valence-electron chi connectivity index (χ3n) is 7.26. The summed E-state index contributed by atoms with van der Waals surface area (Å²) in [4.78, 5) is 0. The Morgan fingerprint density at radius 1 is 0.952 bits per heavy atom. The predicted molar refractivity (Wildman–Crippen MR) is 95.0 cm³/mol. The highest BCUT2D eigenvalue weighted by Gasteiger charge is 2.46. The molecule has 116 valence electrons. The highest BCUT2D eigenvalue weighted by molar-refractivity contribution is 6.40. The van der Waals surface area contributed by atoms with Crippen molar-refractivity contribution in [3.05, 3.63) is 0 Å². The van der Waals surface area contributed by atoms with E-state index in [-0.39, 0.29) is 5.41 Å². The van der Waals surface area contributed by atoms with Crippen LogP contribution in [0, 0.1) is 16.7 Å². The van der Waals surface area contributed by atoms with Gasteiger partial charge in [0.15, 0.2) is 0 Å². The molecule has 0 N–H and O–H groups in total. The zero-order valence-corrected chi connectivity index (χ0v) is 14.7. The summed E-state index contributed by atoms with van der Waals surface area (Å²) in [6.45, 7) is 6.83. The van der Waals surface area contributed by atoms with Crippen LogP contribution in [0.2, 0.25) is 5.21 Å². The van der Waals surface area contributed by atoms with Gasteiger partial charge in [0.2, 0.25) is 0 Å². The molecule has 2 saturated carbocycles. The van der Waals surface area contributed by atoms with Crippen LogP contribution < -0.4 is 0 Å². The van der Waals surface area contributed by atoms with Gasteiger partial charge in [0.05, 0.1) is 15.7 Å². The van der Waals surface area contributed by atoms with Crippen molar-refractivity contribution in [2.75, 3.05) is 0 Å². The van der Waals surface area contributed by atoms with Crippen molar-refractivity contribution < 1.29 is 0 Å². The van der Waals surface area contributed by atoms with Crippen LogP contribution in [0.25, 0.3) is 0 Å².